The minimum absolute atomic E-state index is 0.0532. The third-order valence-corrected chi connectivity index (χ3v) is 5.34. The number of unbranched alkanes of at least 4 members (excludes halogenated alkanes) is 1. The second-order valence-electron chi connectivity index (χ2n) is 8.19. The second-order valence-corrected chi connectivity index (χ2v) is 8.19. The monoisotopic (exact) mass is 539 g/mol. The number of hydrogen-bond acceptors (Lipinski definition) is 10. The van der Waals surface area contributed by atoms with Crippen molar-refractivity contribution in [1.29, 1.82) is 0 Å². The Labute approximate surface area is 222 Å². The first kappa shape index (κ1) is 31.3. The average Bonchev–Trinajstić information content (AvgIpc) is 3.15. The molecule has 1 heterocycles. The molecule has 0 atom stereocenters. The van der Waals surface area contributed by atoms with Crippen LogP contribution in [0.3, 0.4) is 0 Å². The lowest BCUT2D eigenvalue weighted by atomic mass is 10.1. The largest absolute Gasteiger partial charge is 0.481 e. The third-order valence-electron chi connectivity index (χ3n) is 5.34. The predicted octanol–water partition coefficient (Wildman–Crippen LogP) is 1.55. The van der Waals surface area contributed by atoms with Gasteiger partial charge in [-0.2, -0.15) is 0 Å². The van der Waals surface area contributed by atoms with Crippen molar-refractivity contribution in [2.45, 2.75) is 25.7 Å². The lowest BCUT2D eigenvalue weighted by molar-refractivity contribution is -0.146. The third kappa shape index (κ3) is 12.6. The fourth-order valence-electron chi connectivity index (χ4n) is 3.41. The van der Waals surface area contributed by atoms with Gasteiger partial charge >= 0.3 is 11.9 Å². The maximum absolute atomic E-state index is 12.2. The topological polar surface area (TPSA) is 147 Å². The van der Waals surface area contributed by atoms with E-state index in [1.165, 1.54) is 4.90 Å². The first-order valence-electron chi connectivity index (χ1n) is 12.7. The van der Waals surface area contributed by atoms with Crippen LogP contribution >= 0.6 is 0 Å². The number of hydrogen-bond donors (Lipinski definition) is 1. The van der Waals surface area contributed by atoms with Crippen molar-refractivity contribution in [3.8, 4) is 0 Å². The Bertz CT molecular complexity index is 842. The van der Waals surface area contributed by atoms with E-state index in [0.717, 1.165) is 0 Å². The number of aliphatic carboxylic acids is 1. The molecule has 0 radical (unpaired) electrons. The molecule has 0 unspecified atom stereocenters. The number of carboxylic acids is 1. The van der Waals surface area contributed by atoms with Crippen molar-refractivity contribution < 1.29 is 52.7 Å². The summed E-state index contributed by atoms with van der Waals surface area (Å²) in [7, 11) is 0. The summed E-state index contributed by atoms with van der Waals surface area (Å²) in [5.41, 5.74) is 0.860. The molecule has 0 spiro atoms. The van der Waals surface area contributed by atoms with Gasteiger partial charge in [-0.1, -0.05) is 12.1 Å². The number of esters is 1. The van der Waals surface area contributed by atoms with Crippen LogP contribution in [0.4, 0.5) is 0 Å². The van der Waals surface area contributed by atoms with Gasteiger partial charge in [0.15, 0.2) is 0 Å². The molecular weight excluding hydrogens is 502 g/mol. The Morgan fingerprint density at radius 2 is 1.05 bits per heavy atom. The van der Waals surface area contributed by atoms with Crippen LogP contribution in [0.2, 0.25) is 0 Å². The fraction of sp³-hybridized carbons (Fsp3) is 0.615. The number of fused-ring (bicyclic) bond motifs is 1. The molecule has 1 aromatic rings. The maximum Gasteiger partial charge on any atom is 0.305 e. The number of amides is 2. The van der Waals surface area contributed by atoms with E-state index in [2.05, 4.69) is 0 Å². The zero-order chi connectivity index (χ0) is 27.4. The molecule has 38 heavy (non-hydrogen) atoms. The summed E-state index contributed by atoms with van der Waals surface area (Å²) >= 11 is 0. The molecule has 1 aromatic carbocycles. The number of imide groups is 1. The fourth-order valence-corrected chi connectivity index (χ4v) is 3.41. The molecule has 0 aliphatic carbocycles. The highest BCUT2D eigenvalue weighted by atomic mass is 16.6. The van der Waals surface area contributed by atoms with Gasteiger partial charge in [0.1, 0.15) is 6.61 Å². The summed E-state index contributed by atoms with van der Waals surface area (Å²) in [6.45, 7) is 3.99. The molecule has 0 bridgehead atoms. The molecule has 1 N–H and O–H groups in total. The lowest BCUT2D eigenvalue weighted by Crippen LogP contribution is -2.33. The summed E-state index contributed by atoms with van der Waals surface area (Å²) in [5, 5.41) is 8.52. The Kier molecular flexibility index (Phi) is 15.8. The highest BCUT2D eigenvalue weighted by Crippen LogP contribution is 2.21. The molecule has 0 aromatic heterocycles. The van der Waals surface area contributed by atoms with Crippen molar-refractivity contribution in [2.75, 3.05) is 79.2 Å². The first-order chi connectivity index (χ1) is 18.5. The maximum atomic E-state index is 12.2. The molecule has 0 fully saturated rings. The zero-order valence-electron chi connectivity index (χ0n) is 21.6. The van der Waals surface area contributed by atoms with Gasteiger partial charge in [0, 0.05) is 12.8 Å². The number of ether oxygens (including phenoxy) is 6. The average molecular weight is 540 g/mol. The molecule has 1 aliphatic rings. The molecule has 12 heteroatoms. The molecule has 2 amide bonds. The Balaban J connectivity index is 1.28. The lowest BCUT2D eigenvalue weighted by Gasteiger charge is -2.13. The minimum Gasteiger partial charge on any atom is -0.481 e. The van der Waals surface area contributed by atoms with E-state index in [4.69, 9.17) is 33.5 Å². The van der Waals surface area contributed by atoms with Gasteiger partial charge in [-0.15, -0.1) is 0 Å². The van der Waals surface area contributed by atoms with Crippen LogP contribution < -0.4 is 0 Å². The van der Waals surface area contributed by atoms with E-state index in [0.29, 0.717) is 76.8 Å². The van der Waals surface area contributed by atoms with Gasteiger partial charge in [-0.05, 0) is 25.0 Å². The number of carbonyl (C=O) groups excluding carboxylic acids is 3. The van der Waals surface area contributed by atoms with Crippen LogP contribution in [-0.2, 0) is 38.0 Å². The van der Waals surface area contributed by atoms with Gasteiger partial charge in [-0.3, -0.25) is 24.1 Å². The van der Waals surface area contributed by atoms with E-state index >= 15 is 0 Å². The van der Waals surface area contributed by atoms with Gasteiger partial charge in [0.25, 0.3) is 11.8 Å². The van der Waals surface area contributed by atoms with Gasteiger partial charge in [0.2, 0.25) is 0 Å². The molecule has 212 valence electrons. The van der Waals surface area contributed by atoms with Crippen molar-refractivity contribution in [3.05, 3.63) is 35.4 Å². The van der Waals surface area contributed by atoms with Crippen molar-refractivity contribution in [3.63, 3.8) is 0 Å². The highest BCUT2D eigenvalue weighted by molar-refractivity contribution is 6.21. The van der Waals surface area contributed by atoms with Crippen molar-refractivity contribution in [1.82, 2.24) is 4.90 Å². The quantitative estimate of drug-likeness (QED) is 0.123. The standard InChI is InChI=1S/C26H37NO11/c28-23(29)7-3-4-8-24(30)38-20-19-37-18-17-36-16-15-35-14-13-34-12-11-33-10-9-27-25(31)21-5-1-2-6-22(21)26(27)32/h1-2,5-6H,3-4,7-20H2,(H,28,29). The van der Waals surface area contributed by atoms with Crippen LogP contribution in [0.25, 0.3) is 0 Å². The summed E-state index contributed by atoms with van der Waals surface area (Å²) in [6, 6.07) is 6.77. The molecule has 0 saturated heterocycles. The summed E-state index contributed by atoms with van der Waals surface area (Å²) < 4.78 is 31.9. The van der Waals surface area contributed by atoms with E-state index in [1.54, 1.807) is 24.3 Å². The smallest absolute Gasteiger partial charge is 0.305 e. The van der Waals surface area contributed by atoms with Crippen molar-refractivity contribution >= 4 is 23.8 Å². The van der Waals surface area contributed by atoms with E-state index < -0.39 is 5.97 Å². The molecule has 2 rings (SSSR count). The summed E-state index contributed by atoms with van der Waals surface area (Å²) in [6.07, 6.45) is 1.20. The molecule has 0 saturated carbocycles. The van der Waals surface area contributed by atoms with Gasteiger partial charge < -0.3 is 33.5 Å². The van der Waals surface area contributed by atoms with Crippen LogP contribution in [0, 0.1) is 0 Å². The molecular formula is C26H37NO11. The first-order valence-corrected chi connectivity index (χ1v) is 12.7. The van der Waals surface area contributed by atoms with Crippen LogP contribution in [0.15, 0.2) is 24.3 Å². The Morgan fingerprint density at radius 1 is 0.632 bits per heavy atom. The van der Waals surface area contributed by atoms with E-state index in [-0.39, 0.29) is 57.0 Å². The molecule has 12 nitrogen and oxygen atoms in total. The highest BCUT2D eigenvalue weighted by Gasteiger charge is 2.34. The SMILES string of the molecule is O=C(O)CCCCC(=O)OCCOCCOCCOCCOCCOCCN1C(=O)c2ccccc2C1=O. The number of benzene rings is 1. The van der Waals surface area contributed by atoms with Crippen LogP contribution in [-0.4, -0.2) is 113 Å². The number of nitrogens with zero attached hydrogens (tertiary/aromatic N) is 1. The van der Waals surface area contributed by atoms with Crippen LogP contribution in [0.5, 0.6) is 0 Å². The van der Waals surface area contributed by atoms with Crippen LogP contribution in [0.1, 0.15) is 46.4 Å². The Morgan fingerprint density at radius 3 is 1.53 bits per heavy atom. The predicted molar refractivity (Wildman–Crippen MR) is 133 cm³/mol. The van der Waals surface area contributed by atoms with Gasteiger partial charge in [-0.25, -0.2) is 0 Å². The normalized spacial score (nSPS) is 12.7. The molecule has 1 aliphatic heterocycles. The number of carboxylic acid groups (broad SMARTS) is 1. The summed E-state index contributed by atoms with van der Waals surface area (Å²) in [5.74, 6) is -1.81. The number of rotatable bonds is 23. The Hall–Kier alpha value is -2.90. The van der Waals surface area contributed by atoms with Crippen molar-refractivity contribution in [2.24, 2.45) is 0 Å². The second kappa shape index (κ2) is 19.2. The van der Waals surface area contributed by atoms with E-state index in [1.807, 2.05) is 0 Å². The minimum atomic E-state index is -0.870. The van der Waals surface area contributed by atoms with Gasteiger partial charge in [0.05, 0.1) is 83.7 Å². The summed E-state index contributed by atoms with van der Waals surface area (Å²) in [4.78, 5) is 47.5. The zero-order valence-corrected chi connectivity index (χ0v) is 21.6. The van der Waals surface area contributed by atoms with E-state index in [9.17, 15) is 19.2 Å². The number of carbonyl (C=O) groups is 4.